The molecule has 0 saturated heterocycles. The molecule has 0 spiro atoms. The highest BCUT2D eigenvalue weighted by atomic mass is 35.5. The van der Waals surface area contributed by atoms with Gasteiger partial charge in [0.1, 0.15) is 0 Å². The summed E-state index contributed by atoms with van der Waals surface area (Å²) in [7, 11) is 0. The molecule has 1 heterocycles. The molecule has 3 aromatic carbocycles. The largest absolute Gasteiger partial charge is 0.283 e. The number of carbonyl (C=O) groups is 2. The fraction of sp³-hybridized carbons (Fsp3) is 0.0833. The molecule has 0 fully saturated rings. The summed E-state index contributed by atoms with van der Waals surface area (Å²) in [6.45, 7) is 0.328. The van der Waals surface area contributed by atoms with Crippen LogP contribution in [0.5, 0.6) is 0 Å². The number of rotatable bonds is 6. The summed E-state index contributed by atoms with van der Waals surface area (Å²) in [6.07, 6.45) is 0. The van der Waals surface area contributed by atoms with Crippen molar-refractivity contribution in [3.63, 3.8) is 0 Å². The van der Waals surface area contributed by atoms with Crippen molar-refractivity contribution in [2.75, 3.05) is 5.75 Å². The maximum Gasteiger partial charge on any atom is 0.269 e. The van der Waals surface area contributed by atoms with Crippen LogP contribution in [0.25, 0.3) is 10.9 Å². The van der Waals surface area contributed by atoms with E-state index in [9.17, 15) is 14.4 Å². The topological polar surface area (TPSA) is 93.1 Å². The first-order valence-electron chi connectivity index (χ1n) is 10.0. The van der Waals surface area contributed by atoms with Gasteiger partial charge in [-0.2, -0.15) is 0 Å². The van der Waals surface area contributed by atoms with Crippen LogP contribution in [-0.2, 0) is 11.3 Å². The SMILES string of the molecule is O=C(CSc1nc2ccccc2c(=O)n1Cc1ccccc1)NNC(=O)c1ccc(Cl)cc1. The van der Waals surface area contributed by atoms with Gasteiger partial charge in [-0.05, 0) is 42.0 Å². The number of hydrazine groups is 1. The number of halogens is 1. The van der Waals surface area contributed by atoms with E-state index in [0.717, 1.165) is 17.3 Å². The van der Waals surface area contributed by atoms with Crippen LogP contribution in [-0.4, -0.2) is 27.1 Å². The molecular formula is C24H19ClN4O3S. The van der Waals surface area contributed by atoms with Crippen molar-refractivity contribution >= 4 is 46.1 Å². The number of benzene rings is 3. The molecule has 7 nitrogen and oxygen atoms in total. The van der Waals surface area contributed by atoms with Crippen molar-refractivity contribution in [2.45, 2.75) is 11.7 Å². The minimum atomic E-state index is -0.463. The van der Waals surface area contributed by atoms with Gasteiger partial charge in [0, 0.05) is 10.6 Å². The molecule has 2 N–H and O–H groups in total. The standard InChI is InChI=1S/C24H19ClN4O3S/c25-18-12-10-17(11-13-18)22(31)28-27-21(30)15-33-24-26-20-9-5-4-8-19(20)23(32)29(24)14-16-6-2-1-3-7-16/h1-13H,14-15H2,(H,27,30)(H,28,31). The summed E-state index contributed by atoms with van der Waals surface area (Å²) in [4.78, 5) is 42.2. The van der Waals surface area contributed by atoms with Crippen LogP contribution < -0.4 is 16.4 Å². The van der Waals surface area contributed by atoms with Crippen molar-refractivity contribution in [1.29, 1.82) is 0 Å². The predicted molar refractivity (Wildman–Crippen MR) is 129 cm³/mol. The summed E-state index contributed by atoms with van der Waals surface area (Å²) < 4.78 is 1.56. The zero-order valence-electron chi connectivity index (χ0n) is 17.3. The average Bonchev–Trinajstić information content (AvgIpc) is 2.84. The maximum atomic E-state index is 13.1. The van der Waals surface area contributed by atoms with E-state index in [1.54, 1.807) is 47.0 Å². The molecule has 0 bridgehead atoms. The zero-order chi connectivity index (χ0) is 23.2. The van der Waals surface area contributed by atoms with E-state index in [1.165, 1.54) is 0 Å². The number of carbonyl (C=O) groups excluding carboxylic acids is 2. The normalized spacial score (nSPS) is 10.7. The van der Waals surface area contributed by atoms with E-state index in [2.05, 4.69) is 15.8 Å². The van der Waals surface area contributed by atoms with Crippen LogP contribution in [0.4, 0.5) is 0 Å². The molecule has 0 radical (unpaired) electrons. The van der Waals surface area contributed by atoms with Gasteiger partial charge < -0.3 is 0 Å². The first-order valence-corrected chi connectivity index (χ1v) is 11.4. The molecule has 9 heteroatoms. The first-order chi connectivity index (χ1) is 16.0. The molecule has 33 heavy (non-hydrogen) atoms. The van der Waals surface area contributed by atoms with E-state index in [4.69, 9.17) is 11.6 Å². The van der Waals surface area contributed by atoms with Crippen LogP contribution in [0, 0.1) is 0 Å². The summed E-state index contributed by atoms with van der Waals surface area (Å²) in [5.74, 6) is -0.939. The number of hydrogen-bond donors (Lipinski definition) is 2. The van der Waals surface area contributed by atoms with Crippen molar-refractivity contribution in [3.05, 3.63) is 105 Å². The lowest BCUT2D eigenvalue weighted by Crippen LogP contribution is -2.42. The van der Waals surface area contributed by atoms with Crippen LogP contribution >= 0.6 is 23.4 Å². The van der Waals surface area contributed by atoms with E-state index in [-0.39, 0.29) is 11.3 Å². The fourth-order valence-corrected chi connectivity index (χ4v) is 4.05. The van der Waals surface area contributed by atoms with Crippen molar-refractivity contribution in [3.8, 4) is 0 Å². The summed E-state index contributed by atoms with van der Waals surface area (Å²) in [5, 5.41) is 1.44. The average molecular weight is 479 g/mol. The van der Waals surface area contributed by atoms with Crippen LogP contribution in [0.2, 0.25) is 5.02 Å². The summed E-state index contributed by atoms with van der Waals surface area (Å²) >= 11 is 6.94. The Morgan fingerprint density at radius 2 is 1.61 bits per heavy atom. The molecule has 0 unspecified atom stereocenters. The lowest BCUT2D eigenvalue weighted by molar-refractivity contribution is -0.119. The molecule has 1 aromatic heterocycles. The third kappa shape index (κ3) is 5.60. The molecular weight excluding hydrogens is 460 g/mol. The predicted octanol–water partition coefficient (Wildman–Crippen LogP) is 3.65. The van der Waals surface area contributed by atoms with Crippen molar-refractivity contribution in [1.82, 2.24) is 20.4 Å². The smallest absolute Gasteiger partial charge is 0.269 e. The lowest BCUT2D eigenvalue weighted by Gasteiger charge is -2.13. The second-order valence-corrected chi connectivity index (χ2v) is 8.47. The van der Waals surface area contributed by atoms with Gasteiger partial charge in [-0.3, -0.25) is 29.8 Å². The number of hydrogen-bond acceptors (Lipinski definition) is 5. The van der Waals surface area contributed by atoms with Crippen molar-refractivity contribution in [2.24, 2.45) is 0 Å². The van der Waals surface area contributed by atoms with Gasteiger partial charge in [-0.1, -0.05) is 65.8 Å². The van der Waals surface area contributed by atoms with Gasteiger partial charge in [-0.15, -0.1) is 0 Å². The number of nitrogens with zero attached hydrogens (tertiary/aromatic N) is 2. The quantitative estimate of drug-likeness (QED) is 0.251. The molecule has 166 valence electrons. The van der Waals surface area contributed by atoms with Crippen LogP contribution in [0.15, 0.2) is 88.8 Å². The number of nitrogens with one attached hydrogen (secondary N) is 2. The number of thioether (sulfide) groups is 1. The molecule has 0 aliphatic rings. The number of fused-ring (bicyclic) bond motifs is 1. The minimum Gasteiger partial charge on any atom is -0.283 e. The van der Waals surface area contributed by atoms with Gasteiger partial charge in [0.2, 0.25) is 5.91 Å². The molecule has 4 rings (SSSR count). The van der Waals surface area contributed by atoms with Gasteiger partial charge in [0.25, 0.3) is 11.5 Å². The Labute approximate surface area is 198 Å². The monoisotopic (exact) mass is 478 g/mol. The number of aromatic nitrogens is 2. The Morgan fingerprint density at radius 1 is 0.909 bits per heavy atom. The van der Waals surface area contributed by atoms with E-state index in [0.29, 0.717) is 33.2 Å². The Kier molecular flexibility index (Phi) is 7.07. The number of amides is 2. The second-order valence-electron chi connectivity index (χ2n) is 7.09. The second kappa shape index (κ2) is 10.3. The van der Waals surface area contributed by atoms with Crippen LogP contribution in [0.3, 0.4) is 0 Å². The Balaban J connectivity index is 1.48. The highest BCUT2D eigenvalue weighted by molar-refractivity contribution is 7.99. The van der Waals surface area contributed by atoms with E-state index < -0.39 is 11.8 Å². The zero-order valence-corrected chi connectivity index (χ0v) is 18.9. The first kappa shape index (κ1) is 22.6. The summed E-state index contributed by atoms with van der Waals surface area (Å²) in [6, 6.07) is 23.0. The Bertz CT molecular complexity index is 1360. The molecule has 2 amide bonds. The van der Waals surface area contributed by atoms with E-state index >= 15 is 0 Å². The molecule has 0 atom stereocenters. The van der Waals surface area contributed by atoms with Gasteiger partial charge >= 0.3 is 0 Å². The molecule has 0 saturated carbocycles. The summed E-state index contributed by atoms with van der Waals surface area (Å²) in [5.41, 5.74) is 6.43. The molecule has 4 aromatic rings. The highest BCUT2D eigenvalue weighted by Gasteiger charge is 2.14. The third-order valence-electron chi connectivity index (χ3n) is 4.76. The van der Waals surface area contributed by atoms with Crippen LogP contribution in [0.1, 0.15) is 15.9 Å². The Hall–Kier alpha value is -3.62. The van der Waals surface area contributed by atoms with Crippen molar-refractivity contribution < 1.29 is 9.59 Å². The van der Waals surface area contributed by atoms with Gasteiger partial charge in [-0.25, -0.2) is 4.98 Å². The van der Waals surface area contributed by atoms with Gasteiger partial charge in [0.15, 0.2) is 5.16 Å². The van der Waals surface area contributed by atoms with E-state index in [1.807, 2.05) is 36.4 Å². The molecule has 0 aliphatic heterocycles. The number of para-hydroxylation sites is 1. The van der Waals surface area contributed by atoms with Gasteiger partial charge in [0.05, 0.1) is 23.2 Å². The Morgan fingerprint density at radius 3 is 2.36 bits per heavy atom. The third-order valence-corrected chi connectivity index (χ3v) is 5.99. The lowest BCUT2D eigenvalue weighted by atomic mass is 10.2. The fourth-order valence-electron chi connectivity index (χ4n) is 3.13. The highest BCUT2D eigenvalue weighted by Crippen LogP contribution is 2.19. The maximum absolute atomic E-state index is 13.1. The molecule has 0 aliphatic carbocycles. The minimum absolute atomic E-state index is 0.0412.